The van der Waals surface area contributed by atoms with Gasteiger partial charge in [-0.3, -0.25) is 4.57 Å². The number of nitrogens with zero attached hydrogens (tertiary/aromatic N) is 4. The summed E-state index contributed by atoms with van der Waals surface area (Å²) in [6, 6.07) is 36.6. The van der Waals surface area contributed by atoms with Gasteiger partial charge in [0.15, 0.2) is 0 Å². The van der Waals surface area contributed by atoms with Crippen molar-refractivity contribution in [3.05, 3.63) is 109 Å². The van der Waals surface area contributed by atoms with Gasteiger partial charge in [-0.05, 0) is 30.3 Å². The van der Waals surface area contributed by atoms with Crippen LogP contribution >= 0.6 is 0 Å². The quantitative estimate of drug-likeness (QED) is 0.251. The summed E-state index contributed by atoms with van der Waals surface area (Å²) in [5.74, 6) is 0.696. The second-order valence-electron chi connectivity index (χ2n) is 9.49. The molecule has 166 valence electrons. The van der Waals surface area contributed by atoms with Gasteiger partial charge in [-0.1, -0.05) is 72.8 Å². The molecular formula is C32H18N4. The van der Waals surface area contributed by atoms with Crippen molar-refractivity contribution in [1.82, 2.24) is 18.9 Å². The number of hydrogen-bond donors (Lipinski definition) is 0. The molecule has 9 rings (SSSR count). The van der Waals surface area contributed by atoms with Gasteiger partial charge in [0.1, 0.15) is 0 Å². The van der Waals surface area contributed by atoms with Crippen molar-refractivity contribution in [2.24, 2.45) is 0 Å². The maximum absolute atomic E-state index is 5.01. The van der Waals surface area contributed by atoms with Gasteiger partial charge in [0.25, 0.3) is 0 Å². The summed E-state index contributed by atoms with van der Waals surface area (Å²) in [5.41, 5.74) is 6.96. The van der Waals surface area contributed by atoms with Crippen LogP contribution in [0.2, 0.25) is 0 Å². The van der Waals surface area contributed by atoms with Crippen molar-refractivity contribution in [3.63, 3.8) is 0 Å². The highest BCUT2D eigenvalue weighted by molar-refractivity contribution is 6.35. The van der Waals surface area contributed by atoms with E-state index < -0.39 is 0 Å². The summed E-state index contributed by atoms with van der Waals surface area (Å²) in [7, 11) is 0. The Bertz CT molecular complexity index is 2320. The highest BCUT2D eigenvalue weighted by atomic mass is 15.2. The summed E-state index contributed by atoms with van der Waals surface area (Å²) >= 11 is 0. The van der Waals surface area contributed by atoms with Crippen LogP contribution in [0.15, 0.2) is 109 Å². The predicted octanol–water partition coefficient (Wildman–Crippen LogP) is 7.88. The highest BCUT2D eigenvalue weighted by Crippen LogP contribution is 2.46. The smallest absolute Gasteiger partial charge is 0.235 e. The van der Waals surface area contributed by atoms with Crippen molar-refractivity contribution in [2.45, 2.75) is 0 Å². The molecule has 0 amide bonds. The average Bonchev–Trinajstić information content (AvgIpc) is 3.57. The van der Waals surface area contributed by atoms with E-state index in [1.54, 1.807) is 0 Å². The predicted molar refractivity (Wildman–Crippen MR) is 149 cm³/mol. The van der Waals surface area contributed by atoms with Gasteiger partial charge in [-0.2, -0.15) is 0 Å². The standard InChI is InChI=1S/C32H18N4/c1-5-13-24-19(9-1)18-33-32(34-24)36-27-16-8-3-11-21(27)29-28(36)17-23-20-10-2-6-14-25(20)35-26-15-7-4-12-22(26)30(29)31(23)35/h1-18H. The molecule has 0 saturated heterocycles. The van der Waals surface area contributed by atoms with Gasteiger partial charge in [0.2, 0.25) is 5.95 Å². The molecule has 9 aromatic rings. The molecule has 0 aliphatic heterocycles. The Morgan fingerprint density at radius 1 is 0.528 bits per heavy atom. The van der Waals surface area contributed by atoms with Crippen LogP contribution in [0.1, 0.15) is 0 Å². The number of hydrogen-bond acceptors (Lipinski definition) is 2. The largest absolute Gasteiger partial charge is 0.308 e. The number of fused-ring (bicyclic) bond motifs is 11. The minimum Gasteiger partial charge on any atom is -0.308 e. The van der Waals surface area contributed by atoms with Crippen LogP contribution in [0.5, 0.6) is 0 Å². The van der Waals surface area contributed by atoms with E-state index in [4.69, 9.17) is 9.97 Å². The maximum atomic E-state index is 5.01. The first-order valence-corrected chi connectivity index (χ1v) is 12.2. The number of aromatic nitrogens is 4. The Labute approximate surface area is 205 Å². The normalized spacial score (nSPS) is 12.4. The maximum Gasteiger partial charge on any atom is 0.235 e. The van der Waals surface area contributed by atoms with Gasteiger partial charge >= 0.3 is 0 Å². The van der Waals surface area contributed by atoms with E-state index in [0.717, 1.165) is 21.9 Å². The Morgan fingerprint density at radius 2 is 1.17 bits per heavy atom. The lowest BCUT2D eigenvalue weighted by molar-refractivity contribution is 1.01. The van der Waals surface area contributed by atoms with Crippen molar-refractivity contribution in [2.75, 3.05) is 0 Å². The third-order valence-corrected chi connectivity index (χ3v) is 7.68. The lowest BCUT2D eigenvalue weighted by atomic mass is 10.0. The molecule has 5 aromatic carbocycles. The first kappa shape index (κ1) is 18.4. The monoisotopic (exact) mass is 458 g/mol. The molecule has 0 aliphatic rings. The van der Waals surface area contributed by atoms with Crippen molar-refractivity contribution in [1.29, 1.82) is 0 Å². The van der Waals surface area contributed by atoms with E-state index in [1.807, 2.05) is 18.3 Å². The van der Waals surface area contributed by atoms with Crippen LogP contribution in [0.4, 0.5) is 0 Å². The second kappa shape index (κ2) is 6.37. The summed E-state index contributed by atoms with van der Waals surface area (Å²) in [6.07, 6.45) is 1.93. The summed E-state index contributed by atoms with van der Waals surface area (Å²) in [4.78, 5) is 9.85. The van der Waals surface area contributed by atoms with Gasteiger partial charge < -0.3 is 4.40 Å². The van der Waals surface area contributed by atoms with E-state index in [-0.39, 0.29) is 0 Å². The molecule has 0 spiro atoms. The third kappa shape index (κ3) is 2.11. The fourth-order valence-electron chi connectivity index (χ4n) is 6.25. The van der Waals surface area contributed by atoms with Crippen LogP contribution in [-0.4, -0.2) is 18.9 Å². The Kier molecular flexibility index (Phi) is 3.25. The van der Waals surface area contributed by atoms with Gasteiger partial charge in [-0.15, -0.1) is 0 Å². The SMILES string of the molecule is c1ccc2nc(-n3c4ccccc4c4c5c6ccccc6n6c7ccccc7c(cc43)c56)ncc2c1. The van der Waals surface area contributed by atoms with Crippen LogP contribution in [0.25, 0.3) is 76.8 Å². The van der Waals surface area contributed by atoms with E-state index in [2.05, 4.69) is 100.0 Å². The lowest BCUT2D eigenvalue weighted by Crippen LogP contribution is -2.00. The molecule has 0 fully saturated rings. The fraction of sp³-hybridized carbons (Fsp3) is 0. The Morgan fingerprint density at radius 3 is 2.00 bits per heavy atom. The highest BCUT2D eigenvalue weighted by Gasteiger charge is 2.24. The number of para-hydroxylation sites is 4. The van der Waals surface area contributed by atoms with Crippen LogP contribution < -0.4 is 0 Å². The van der Waals surface area contributed by atoms with Crippen molar-refractivity contribution >= 4 is 70.8 Å². The molecule has 4 heteroatoms. The van der Waals surface area contributed by atoms with Gasteiger partial charge in [0.05, 0.1) is 33.1 Å². The average molecular weight is 459 g/mol. The summed E-state index contributed by atoms with van der Waals surface area (Å²) < 4.78 is 4.67. The second-order valence-corrected chi connectivity index (χ2v) is 9.49. The Balaban J connectivity index is 1.59. The van der Waals surface area contributed by atoms with Crippen LogP contribution in [-0.2, 0) is 0 Å². The molecule has 4 heterocycles. The van der Waals surface area contributed by atoms with Crippen LogP contribution in [0.3, 0.4) is 0 Å². The van der Waals surface area contributed by atoms with Gasteiger partial charge in [0, 0.05) is 43.9 Å². The minimum absolute atomic E-state index is 0.696. The van der Waals surface area contributed by atoms with E-state index >= 15 is 0 Å². The number of benzene rings is 5. The molecule has 0 unspecified atom stereocenters. The van der Waals surface area contributed by atoms with E-state index in [0.29, 0.717) is 5.95 Å². The number of rotatable bonds is 1. The molecule has 0 atom stereocenters. The molecule has 0 N–H and O–H groups in total. The molecule has 4 nitrogen and oxygen atoms in total. The lowest BCUT2D eigenvalue weighted by Gasteiger charge is -2.07. The zero-order valence-corrected chi connectivity index (χ0v) is 19.2. The molecule has 0 bridgehead atoms. The summed E-state index contributed by atoms with van der Waals surface area (Å²) in [6.45, 7) is 0. The minimum atomic E-state index is 0.696. The van der Waals surface area contributed by atoms with Gasteiger partial charge in [-0.25, -0.2) is 9.97 Å². The van der Waals surface area contributed by atoms with Crippen LogP contribution in [0, 0.1) is 0 Å². The van der Waals surface area contributed by atoms with Crippen molar-refractivity contribution in [3.8, 4) is 5.95 Å². The van der Waals surface area contributed by atoms with E-state index in [9.17, 15) is 0 Å². The molecule has 0 aliphatic carbocycles. The molecule has 0 saturated carbocycles. The topological polar surface area (TPSA) is 35.1 Å². The molecule has 4 aromatic heterocycles. The summed E-state index contributed by atoms with van der Waals surface area (Å²) in [5, 5.41) is 8.61. The third-order valence-electron chi connectivity index (χ3n) is 7.68. The molecule has 36 heavy (non-hydrogen) atoms. The zero-order chi connectivity index (χ0) is 23.4. The van der Waals surface area contributed by atoms with Crippen molar-refractivity contribution < 1.29 is 0 Å². The van der Waals surface area contributed by atoms with E-state index in [1.165, 1.54) is 48.9 Å². The first-order valence-electron chi connectivity index (χ1n) is 12.2. The molecule has 0 radical (unpaired) electrons. The first-order chi connectivity index (χ1) is 17.9. The Hall–Kier alpha value is -4.96. The zero-order valence-electron chi connectivity index (χ0n) is 19.2. The fourth-order valence-corrected chi connectivity index (χ4v) is 6.25. The molecular weight excluding hydrogens is 440 g/mol.